The molecule has 0 aliphatic carbocycles. The monoisotopic (exact) mass is 632 g/mol. The zero-order valence-corrected chi connectivity index (χ0v) is 26.6. The number of aromatic nitrogens is 2. The van der Waals surface area contributed by atoms with E-state index in [1.54, 1.807) is 0 Å². The number of benzene rings is 4. The predicted octanol–water partition coefficient (Wildman–Crippen LogP) is 5.65. The lowest BCUT2D eigenvalue weighted by Crippen LogP contribution is -2.43. The highest BCUT2D eigenvalue weighted by Crippen LogP contribution is 2.38. The number of para-hydroxylation sites is 2. The zero-order chi connectivity index (χ0) is 32.8. The van der Waals surface area contributed by atoms with Crippen LogP contribution in [0.4, 0.5) is 0 Å². The number of aliphatic hydroxyl groups is 2. The van der Waals surface area contributed by atoms with Gasteiger partial charge in [-0.15, -0.1) is 0 Å². The molecule has 0 saturated carbocycles. The first-order valence-electron chi connectivity index (χ1n) is 15.9. The Labute approximate surface area is 274 Å². The lowest BCUT2D eigenvalue weighted by atomic mass is 9.98. The number of ether oxygens (including phenoxy) is 2. The number of aliphatic hydroxyl groups excluding tert-OH is 2. The third-order valence-corrected chi connectivity index (χ3v) is 8.79. The Morgan fingerprint density at radius 3 is 2.28 bits per heavy atom. The van der Waals surface area contributed by atoms with E-state index in [2.05, 4.69) is 20.2 Å². The van der Waals surface area contributed by atoms with Crippen LogP contribution in [0.25, 0.3) is 11.0 Å². The van der Waals surface area contributed by atoms with Gasteiger partial charge in [-0.3, -0.25) is 14.7 Å². The molecule has 1 fully saturated rings. The summed E-state index contributed by atoms with van der Waals surface area (Å²) in [5, 5.41) is 23.5. The summed E-state index contributed by atoms with van der Waals surface area (Å²) in [6.45, 7) is 2.92. The summed E-state index contributed by atoms with van der Waals surface area (Å²) in [6, 6.07) is 32.6. The maximum Gasteiger partial charge on any atom is 0.271 e. The molecule has 6 rings (SSSR count). The van der Waals surface area contributed by atoms with Crippen LogP contribution in [0.3, 0.4) is 0 Å². The number of amides is 1. The quantitative estimate of drug-likeness (QED) is 0.171. The van der Waals surface area contributed by atoms with Gasteiger partial charge in [-0.2, -0.15) is 0 Å². The summed E-state index contributed by atoms with van der Waals surface area (Å²) in [6.07, 6.45) is 0.471. The summed E-state index contributed by atoms with van der Waals surface area (Å²) < 4.78 is 13.1. The molecule has 9 heteroatoms. The molecule has 5 aromatic rings. The van der Waals surface area contributed by atoms with Gasteiger partial charge in [0.25, 0.3) is 5.91 Å². The number of fused-ring (bicyclic) bond motifs is 1. The average molecular weight is 633 g/mol. The number of rotatable bonds is 11. The molecule has 2 heterocycles. The Morgan fingerprint density at radius 2 is 1.55 bits per heavy atom. The van der Waals surface area contributed by atoms with Gasteiger partial charge in [0.1, 0.15) is 5.69 Å². The minimum atomic E-state index is -0.639. The highest BCUT2D eigenvalue weighted by atomic mass is 16.7. The van der Waals surface area contributed by atoms with Gasteiger partial charge in [-0.05, 0) is 48.4 Å². The van der Waals surface area contributed by atoms with Gasteiger partial charge >= 0.3 is 0 Å². The Bertz CT molecular complexity index is 1770. The summed E-state index contributed by atoms with van der Waals surface area (Å²) in [7, 11) is 2.00. The summed E-state index contributed by atoms with van der Waals surface area (Å²) in [5.74, 6) is -0.292. The van der Waals surface area contributed by atoms with Gasteiger partial charge in [0, 0.05) is 31.1 Å². The van der Waals surface area contributed by atoms with E-state index < -0.39 is 12.4 Å². The fraction of sp³-hybridized carbons (Fsp3) is 0.289. The van der Waals surface area contributed by atoms with Crippen molar-refractivity contribution in [3.63, 3.8) is 0 Å². The minimum absolute atomic E-state index is 0.0188. The molecular formula is C38H40N4O5. The number of likely N-dealkylation sites (N-methyl/N-ethyl adjacent to an activating group) is 1. The van der Waals surface area contributed by atoms with Crippen LogP contribution in [-0.2, 0) is 22.6 Å². The number of hydrogen-bond acceptors (Lipinski definition) is 8. The van der Waals surface area contributed by atoms with Gasteiger partial charge < -0.3 is 25.0 Å². The highest BCUT2D eigenvalue weighted by molar-refractivity contribution is 5.93. The lowest BCUT2D eigenvalue weighted by Gasteiger charge is -2.39. The van der Waals surface area contributed by atoms with E-state index in [4.69, 9.17) is 9.47 Å². The molecule has 242 valence electrons. The van der Waals surface area contributed by atoms with E-state index in [0.29, 0.717) is 25.0 Å². The van der Waals surface area contributed by atoms with Crippen molar-refractivity contribution < 1.29 is 24.5 Å². The number of carbonyl (C=O) groups excluding carboxylic acids is 1. The fourth-order valence-electron chi connectivity index (χ4n) is 5.82. The molecule has 3 N–H and O–H groups in total. The molecule has 1 aromatic heterocycles. The lowest BCUT2D eigenvalue weighted by molar-refractivity contribution is -0.253. The molecule has 0 spiro atoms. The Hall–Kier alpha value is -4.51. The largest absolute Gasteiger partial charge is 0.392 e. The van der Waals surface area contributed by atoms with Crippen LogP contribution in [0, 0.1) is 0 Å². The van der Waals surface area contributed by atoms with Crippen molar-refractivity contribution in [2.24, 2.45) is 0 Å². The molecule has 0 unspecified atom stereocenters. The zero-order valence-electron chi connectivity index (χ0n) is 26.6. The first-order chi connectivity index (χ1) is 22.9. The summed E-state index contributed by atoms with van der Waals surface area (Å²) >= 11 is 0. The topological polar surface area (TPSA) is 117 Å². The normalized spacial score (nSPS) is 19.4. The van der Waals surface area contributed by atoms with E-state index in [0.717, 1.165) is 33.3 Å². The summed E-state index contributed by atoms with van der Waals surface area (Å²) in [5.41, 5.74) is 6.19. The second-order valence-electron chi connectivity index (χ2n) is 12.1. The number of hydrogen-bond donors (Lipinski definition) is 3. The molecule has 1 amide bonds. The number of nitrogens with zero attached hydrogens (tertiary/aromatic N) is 3. The van der Waals surface area contributed by atoms with Gasteiger partial charge in [-0.25, -0.2) is 4.98 Å². The number of carbonyl (C=O) groups is 1. The van der Waals surface area contributed by atoms with Crippen molar-refractivity contribution in [3.8, 4) is 0 Å². The average Bonchev–Trinajstić information content (AvgIpc) is 3.13. The molecule has 0 radical (unpaired) electrons. The molecule has 4 aromatic carbocycles. The second kappa shape index (κ2) is 14.9. The molecular weight excluding hydrogens is 592 g/mol. The molecule has 1 aliphatic rings. The standard InChI is InChI=1S/C38H40N4O5/c1-25(36(44)29-8-4-3-5-9-29)42(2)23-31-20-35(28-16-14-27(24-43)15-17-28)47-38(46-31)30-18-12-26(13-19-30)21-40-37(45)34-22-39-32-10-6-7-11-33(32)41-34/h3-19,22,25,31,35-36,38,43-44H,20-21,23-24H2,1-2H3,(H,40,45)/t25-,31-,35+,36-,38+/m1/s1. The van der Waals surface area contributed by atoms with E-state index in [1.165, 1.54) is 6.20 Å². The van der Waals surface area contributed by atoms with Crippen LogP contribution in [0.1, 0.15) is 70.1 Å². The Kier molecular flexibility index (Phi) is 10.3. The van der Waals surface area contributed by atoms with Gasteiger partial charge in [-0.1, -0.05) is 91.0 Å². The van der Waals surface area contributed by atoms with Gasteiger partial charge in [0.2, 0.25) is 0 Å². The Balaban J connectivity index is 1.13. The summed E-state index contributed by atoms with van der Waals surface area (Å²) in [4.78, 5) is 23.7. The van der Waals surface area contributed by atoms with E-state index in [1.807, 2.05) is 117 Å². The minimum Gasteiger partial charge on any atom is -0.392 e. The van der Waals surface area contributed by atoms with Crippen LogP contribution in [0.5, 0.6) is 0 Å². The first kappa shape index (κ1) is 32.4. The van der Waals surface area contributed by atoms with Crippen molar-refractivity contribution in [2.75, 3.05) is 13.6 Å². The molecule has 5 atom stereocenters. The molecule has 1 saturated heterocycles. The molecule has 1 aliphatic heterocycles. The molecule has 47 heavy (non-hydrogen) atoms. The van der Waals surface area contributed by atoms with E-state index >= 15 is 0 Å². The van der Waals surface area contributed by atoms with Crippen molar-refractivity contribution in [1.82, 2.24) is 20.2 Å². The van der Waals surface area contributed by atoms with Crippen LogP contribution in [0.2, 0.25) is 0 Å². The Morgan fingerprint density at radius 1 is 0.894 bits per heavy atom. The van der Waals surface area contributed by atoms with Crippen molar-refractivity contribution >= 4 is 16.9 Å². The van der Waals surface area contributed by atoms with Crippen LogP contribution in [0.15, 0.2) is 109 Å². The third kappa shape index (κ3) is 7.90. The first-order valence-corrected chi connectivity index (χ1v) is 15.9. The van der Waals surface area contributed by atoms with Crippen LogP contribution >= 0.6 is 0 Å². The van der Waals surface area contributed by atoms with Crippen molar-refractivity contribution in [3.05, 3.63) is 143 Å². The maximum atomic E-state index is 12.8. The maximum absolute atomic E-state index is 12.8. The molecule has 9 nitrogen and oxygen atoms in total. The van der Waals surface area contributed by atoms with Crippen LogP contribution in [-0.4, -0.2) is 56.7 Å². The SMILES string of the molecule is C[C@H]([C@@H](O)c1ccccc1)N(C)C[C@H]1C[C@@H](c2ccc(CO)cc2)O[C@@H](c2ccc(CNC(=O)c3cnc4ccccc4n3)cc2)O1. The predicted molar refractivity (Wildman–Crippen MR) is 179 cm³/mol. The molecule has 0 bridgehead atoms. The van der Waals surface area contributed by atoms with E-state index in [-0.39, 0.29) is 36.5 Å². The third-order valence-electron chi connectivity index (χ3n) is 8.79. The number of nitrogens with one attached hydrogen (secondary N) is 1. The fourth-order valence-corrected chi connectivity index (χ4v) is 5.82. The van der Waals surface area contributed by atoms with Gasteiger partial charge in [0.05, 0.1) is 42.1 Å². The van der Waals surface area contributed by atoms with Crippen molar-refractivity contribution in [2.45, 2.75) is 57.1 Å². The van der Waals surface area contributed by atoms with Gasteiger partial charge in [0.15, 0.2) is 6.29 Å². The smallest absolute Gasteiger partial charge is 0.271 e. The highest BCUT2D eigenvalue weighted by Gasteiger charge is 2.34. The second-order valence-corrected chi connectivity index (χ2v) is 12.1. The van der Waals surface area contributed by atoms with E-state index in [9.17, 15) is 15.0 Å². The van der Waals surface area contributed by atoms with Crippen LogP contribution < -0.4 is 5.32 Å². The van der Waals surface area contributed by atoms with Crippen molar-refractivity contribution in [1.29, 1.82) is 0 Å².